The van der Waals surface area contributed by atoms with Crippen molar-refractivity contribution in [3.8, 4) is 0 Å². The van der Waals surface area contributed by atoms with E-state index in [4.69, 9.17) is 0 Å². The molecule has 0 fully saturated rings. The van der Waals surface area contributed by atoms with Crippen molar-refractivity contribution in [3.05, 3.63) is 12.2 Å². The number of rotatable bonds is 7. The van der Waals surface area contributed by atoms with Crippen molar-refractivity contribution in [2.75, 3.05) is 13.6 Å². The molecule has 0 rings (SSSR count). The third-order valence-electron chi connectivity index (χ3n) is 2.28. The van der Waals surface area contributed by atoms with E-state index in [1.165, 1.54) is 24.8 Å². The summed E-state index contributed by atoms with van der Waals surface area (Å²) in [6.45, 7) is 9.61. The summed E-state index contributed by atoms with van der Waals surface area (Å²) in [5, 5.41) is 3.20. The highest BCUT2D eigenvalue weighted by atomic mass is 14.8. The van der Waals surface area contributed by atoms with Crippen LogP contribution >= 0.6 is 0 Å². The summed E-state index contributed by atoms with van der Waals surface area (Å²) in [5.74, 6) is 0.805. The van der Waals surface area contributed by atoms with Gasteiger partial charge in [0.25, 0.3) is 0 Å². The molecule has 0 aromatic carbocycles. The quantitative estimate of drug-likeness (QED) is 0.578. The summed E-state index contributed by atoms with van der Waals surface area (Å²) < 4.78 is 0. The van der Waals surface area contributed by atoms with E-state index in [0.29, 0.717) is 0 Å². The van der Waals surface area contributed by atoms with Gasteiger partial charge in [-0.15, -0.1) is 0 Å². The van der Waals surface area contributed by atoms with E-state index in [1.54, 1.807) is 0 Å². The highest BCUT2D eigenvalue weighted by Crippen LogP contribution is 2.12. The van der Waals surface area contributed by atoms with Crippen LogP contribution in [0.25, 0.3) is 0 Å². The first-order chi connectivity index (χ1) is 5.70. The Morgan fingerprint density at radius 2 is 2.17 bits per heavy atom. The average Bonchev–Trinajstić information content (AvgIpc) is 2.04. The largest absolute Gasteiger partial charge is 0.319 e. The van der Waals surface area contributed by atoms with E-state index in [0.717, 1.165) is 18.9 Å². The Bertz CT molecular complexity index is 118. The van der Waals surface area contributed by atoms with Crippen molar-refractivity contribution in [2.24, 2.45) is 5.92 Å². The van der Waals surface area contributed by atoms with Crippen molar-refractivity contribution in [2.45, 2.75) is 39.5 Å². The maximum Gasteiger partial charge on any atom is -0.00262 e. The fraction of sp³-hybridized carbons (Fsp3) is 0.818. The summed E-state index contributed by atoms with van der Waals surface area (Å²) >= 11 is 0. The minimum atomic E-state index is 0.805. The van der Waals surface area contributed by atoms with Crippen LogP contribution in [0.1, 0.15) is 39.5 Å². The van der Waals surface area contributed by atoms with Crippen LogP contribution in [0.5, 0.6) is 0 Å². The second kappa shape index (κ2) is 7.35. The second-order valence-electron chi connectivity index (χ2n) is 3.66. The van der Waals surface area contributed by atoms with E-state index in [9.17, 15) is 0 Å². The molecule has 0 aliphatic rings. The monoisotopic (exact) mass is 169 g/mol. The molecule has 12 heavy (non-hydrogen) atoms. The minimum Gasteiger partial charge on any atom is -0.319 e. The van der Waals surface area contributed by atoms with Gasteiger partial charge < -0.3 is 5.32 Å². The van der Waals surface area contributed by atoms with Crippen LogP contribution in [0.15, 0.2) is 12.2 Å². The van der Waals surface area contributed by atoms with E-state index >= 15 is 0 Å². The molecule has 0 saturated carbocycles. The van der Waals surface area contributed by atoms with Crippen molar-refractivity contribution in [1.82, 2.24) is 5.32 Å². The van der Waals surface area contributed by atoms with Gasteiger partial charge >= 0.3 is 0 Å². The lowest BCUT2D eigenvalue weighted by molar-refractivity contribution is 0.485. The molecular weight excluding hydrogens is 146 g/mol. The van der Waals surface area contributed by atoms with Crippen molar-refractivity contribution >= 4 is 0 Å². The smallest absolute Gasteiger partial charge is 0.00262 e. The van der Waals surface area contributed by atoms with Gasteiger partial charge in [0.05, 0.1) is 0 Å². The molecule has 1 atom stereocenters. The summed E-state index contributed by atoms with van der Waals surface area (Å²) in [4.78, 5) is 0. The van der Waals surface area contributed by atoms with E-state index in [2.05, 4.69) is 25.7 Å². The molecule has 1 nitrogen and oxygen atoms in total. The Labute approximate surface area is 77.2 Å². The first-order valence-electron chi connectivity index (χ1n) is 5.02. The van der Waals surface area contributed by atoms with Crippen LogP contribution in [-0.2, 0) is 0 Å². The molecule has 0 aliphatic heterocycles. The van der Waals surface area contributed by atoms with Crippen LogP contribution < -0.4 is 5.32 Å². The van der Waals surface area contributed by atoms with Crippen molar-refractivity contribution in [1.29, 1.82) is 0 Å². The molecule has 0 radical (unpaired) electrons. The van der Waals surface area contributed by atoms with Crippen LogP contribution in [0.4, 0.5) is 0 Å². The summed E-state index contributed by atoms with van der Waals surface area (Å²) in [6.07, 6.45) is 4.97. The number of hydrogen-bond acceptors (Lipinski definition) is 1. The third kappa shape index (κ3) is 6.41. The topological polar surface area (TPSA) is 12.0 Å². The molecule has 1 unspecified atom stereocenters. The predicted octanol–water partition coefficient (Wildman–Crippen LogP) is 2.98. The molecule has 0 spiro atoms. The van der Waals surface area contributed by atoms with Gasteiger partial charge in [-0.1, -0.05) is 26.0 Å². The SMILES string of the molecule is C=C(CC)CCCC(C)CNC. The summed E-state index contributed by atoms with van der Waals surface area (Å²) in [7, 11) is 2.02. The molecule has 0 aromatic rings. The zero-order valence-corrected chi connectivity index (χ0v) is 8.82. The number of nitrogens with one attached hydrogen (secondary N) is 1. The highest BCUT2D eigenvalue weighted by molar-refractivity contribution is 4.91. The van der Waals surface area contributed by atoms with Gasteiger partial charge in [0.2, 0.25) is 0 Å². The Kier molecular flexibility index (Phi) is 7.17. The third-order valence-corrected chi connectivity index (χ3v) is 2.28. The van der Waals surface area contributed by atoms with E-state index < -0.39 is 0 Å². The van der Waals surface area contributed by atoms with Crippen LogP contribution in [0.2, 0.25) is 0 Å². The van der Waals surface area contributed by atoms with Crippen LogP contribution in [0.3, 0.4) is 0 Å². The van der Waals surface area contributed by atoms with Crippen LogP contribution in [0, 0.1) is 5.92 Å². The lowest BCUT2D eigenvalue weighted by atomic mass is 10.0. The maximum atomic E-state index is 4.00. The molecule has 0 aliphatic carbocycles. The predicted molar refractivity (Wildman–Crippen MR) is 56.4 cm³/mol. The van der Waals surface area contributed by atoms with Gasteiger partial charge in [0, 0.05) is 0 Å². The first kappa shape index (κ1) is 11.7. The lowest BCUT2D eigenvalue weighted by Gasteiger charge is -2.10. The number of hydrogen-bond donors (Lipinski definition) is 1. The molecule has 0 amide bonds. The molecule has 0 heterocycles. The fourth-order valence-electron chi connectivity index (χ4n) is 1.33. The molecule has 0 saturated heterocycles. The van der Waals surface area contributed by atoms with Crippen LogP contribution in [-0.4, -0.2) is 13.6 Å². The summed E-state index contributed by atoms with van der Waals surface area (Å²) in [5.41, 5.74) is 1.40. The number of allylic oxidation sites excluding steroid dienone is 1. The van der Waals surface area contributed by atoms with Gasteiger partial charge in [0.1, 0.15) is 0 Å². The van der Waals surface area contributed by atoms with Crippen molar-refractivity contribution in [3.63, 3.8) is 0 Å². The molecule has 1 N–H and O–H groups in total. The molecule has 0 bridgehead atoms. The fourth-order valence-corrected chi connectivity index (χ4v) is 1.33. The van der Waals surface area contributed by atoms with Gasteiger partial charge in [-0.2, -0.15) is 0 Å². The van der Waals surface area contributed by atoms with Gasteiger partial charge in [0.15, 0.2) is 0 Å². The highest BCUT2D eigenvalue weighted by Gasteiger charge is 2.00. The Morgan fingerprint density at radius 3 is 2.67 bits per heavy atom. The van der Waals surface area contributed by atoms with E-state index in [1.807, 2.05) is 7.05 Å². The Balaban J connectivity index is 3.24. The minimum absolute atomic E-state index is 0.805. The molecule has 72 valence electrons. The normalized spacial score (nSPS) is 12.9. The maximum absolute atomic E-state index is 4.00. The van der Waals surface area contributed by atoms with E-state index in [-0.39, 0.29) is 0 Å². The zero-order chi connectivity index (χ0) is 9.40. The molecule has 1 heteroatoms. The standard InChI is InChI=1S/C11H23N/c1-5-10(2)7-6-8-11(3)9-12-4/h11-12H,2,5-9H2,1,3-4H3. The van der Waals surface area contributed by atoms with Gasteiger partial charge in [-0.25, -0.2) is 0 Å². The van der Waals surface area contributed by atoms with Gasteiger partial charge in [-0.05, 0) is 45.2 Å². The Hall–Kier alpha value is -0.300. The molecular formula is C11H23N. The lowest BCUT2D eigenvalue weighted by Crippen LogP contribution is -2.15. The first-order valence-corrected chi connectivity index (χ1v) is 5.02. The second-order valence-corrected chi connectivity index (χ2v) is 3.66. The van der Waals surface area contributed by atoms with Gasteiger partial charge in [-0.3, -0.25) is 0 Å². The zero-order valence-electron chi connectivity index (χ0n) is 8.82. The van der Waals surface area contributed by atoms with Crippen molar-refractivity contribution < 1.29 is 0 Å². The summed E-state index contributed by atoms with van der Waals surface area (Å²) in [6, 6.07) is 0. The molecule has 0 aromatic heterocycles. The average molecular weight is 169 g/mol. The Morgan fingerprint density at radius 1 is 1.50 bits per heavy atom.